The predicted molar refractivity (Wildman–Crippen MR) is 61.1 cm³/mol. The van der Waals surface area contributed by atoms with Crippen LogP contribution in [0.4, 0.5) is 0 Å². The summed E-state index contributed by atoms with van der Waals surface area (Å²) in [5.41, 5.74) is 0.891. The molecule has 0 aliphatic heterocycles. The van der Waals surface area contributed by atoms with E-state index >= 15 is 0 Å². The Morgan fingerprint density at radius 2 is 2.29 bits per heavy atom. The van der Waals surface area contributed by atoms with Gasteiger partial charge in [0.05, 0.1) is 14.9 Å². The minimum absolute atomic E-state index is 0.496. The van der Waals surface area contributed by atoms with Gasteiger partial charge in [0, 0.05) is 5.38 Å². The maximum absolute atomic E-state index is 9.31. The molecular formula is C9H8ClNOS2. The van der Waals surface area contributed by atoms with E-state index in [4.69, 9.17) is 11.6 Å². The minimum Gasteiger partial charge on any atom is -0.386 e. The Hall–Kier alpha value is -0.420. The van der Waals surface area contributed by atoms with Crippen LogP contribution in [0.1, 0.15) is 18.0 Å². The lowest BCUT2D eigenvalue weighted by Crippen LogP contribution is -1.88. The second-order valence-corrected chi connectivity index (χ2v) is 5.46. The number of halogens is 1. The van der Waals surface area contributed by atoms with Crippen LogP contribution >= 0.6 is 34.3 Å². The van der Waals surface area contributed by atoms with Gasteiger partial charge in [-0.15, -0.1) is 22.7 Å². The fourth-order valence-electron chi connectivity index (χ4n) is 1.04. The molecule has 0 spiro atoms. The molecule has 0 amide bonds. The molecule has 0 aliphatic rings. The van der Waals surface area contributed by atoms with Gasteiger partial charge in [-0.2, -0.15) is 0 Å². The highest BCUT2D eigenvalue weighted by atomic mass is 35.5. The van der Waals surface area contributed by atoms with Gasteiger partial charge in [-0.05, 0) is 19.1 Å². The summed E-state index contributed by atoms with van der Waals surface area (Å²) in [6.45, 7) is 1.71. The highest BCUT2D eigenvalue weighted by Gasteiger charge is 2.09. The molecule has 2 aromatic rings. The lowest BCUT2D eigenvalue weighted by Gasteiger charge is -1.95. The fraction of sp³-hybridized carbons (Fsp3) is 0.222. The van der Waals surface area contributed by atoms with Gasteiger partial charge in [-0.1, -0.05) is 11.6 Å². The van der Waals surface area contributed by atoms with Gasteiger partial charge in [-0.3, -0.25) is 0 Å². The molecule has 2 aromatic heterocycles. The van der Waals surface area contributed by atoms with Crippen molar-refractivity contribution in [1.82, 2.24) is 4.98 Å². The van der Waals surface area contributed by atoms with Crippen molar-refractivity contribution in [1.29, 1.82) is 0 Å². The molecule has 1 N–H and O–H groups in total. The van der Waals surface area contributed by atoms with Gasteiger partial charge in [0.1, 0.15) is 11.1 Å². The SMILES string of the molecule is CC(O)c1nc(-c2ccc(Cl)s2)cs1. The molecule has 2 rings (SSSR count). The molecule has 0 bridgehead atoms. The highest BCUT2D eigenvalue weighted by Crippen LogP contribution is 2.32. The molecule has 0 saturated heterocycles. The zero-order chi connectivity index (χ0) is 10.1. The number of thiophene rings is 1. The molecule has 1 unspecified atom stereocenters. The van der Waals surface area contributed by atoms with E-state index in [2.05, 4.69) is 4.98 Å². The Labute approximate surface area is 94.8 Å². The van der Waals surface area contributed by atoms with E-state index in [1.807, 2.05) is 17.5 Å². The molecular weight excluding hydrogens is 238 g/mol. The number of aliphatic hydroxyl groups is 1. The van der Waals surface area contributed by atoms with Crippen LogP contribution in [-0.4, -0.2) is 10.1 Å². The summed E-state index contributed by atoms with van der Waals surface area (Å²) >= 11 is 8.78. The maximum Gasteiger partial charge on any atom is 0.122 e. The van der Waals surface area contributed by atoms with Crippen molar-refractivity contribution in [2.24, 2.45) is 0 Å². The van der Waals surface area contributed by atoms with Gasteiger partial charge >= 0.3 is 0 Å². The zero-order valence-corrected chi connectivity index (χ0v) is 9.79. The highest BCUT2D eigenvalue weighted by molar-refractivity contribution is 7.19. The molecule has 1 atom stereocenters. The smallest absolute Gasteiger partial charge is 0.122 e. The first-order valence-corrected chi connectivity index (χ1v) is 6.13. The largest absolute Gasteiger partial charge is 0.386 e. The Balaban J connectivity index is 2.33. The molecule has 5 heteroatoms. The first-order valence-electron chi connectivity index (χ1n) is 4.06. The Kier molecular flexibility index (Phi) is 2.88. The number of aliphatic hydroxyl groups excluding tert-OH is 1. The van der Waals surface area contributed by atoms with E-state index in [0.29, 0.717) is 0 Å². The molecule has 2 nitrogen and oxygen atoms in total. The summed E-state index contributed by atoms with van der Waals surface area (Å²) in [6.07, 6.45) is -0.496. The summed E-state index contributed by atoms with van der Waals surface area (Å²) < 4.78 is 0.756. The van der Waals surface area contributed by atoms with Crippen LogP contribution in [0, 0.1) is 0 Å². The van der Waals surface area contributed by atoms with Crippen LogP contribution in [0.25, 0.3) is 10.6 Å². The van der Waals surface area contributed by atoms with Crippen molar-refractivity contribution in [3.8, 4) is 10.6 Å². The lowest BCUT2D eigenvalue weighted by atomic mass is 10.4. The number of aromatic nitrogens is 1. The average molecular weight is 246 g/mol. The summed E-state index contributed by atoms with van der Waals surface area (Å²) in [4.78, 5) is 5.35. The standard InChI is InChI=1S/C9H8ClNOS2/c1-5(12)9-11-6(4-13-9)7-2-3-8(10)14-7/h2-5,12H,1H3. The molecule has 14 heavy (non-hydrogen) atoms. The Morgan fingerprint density at radius 3 is 2.79 bits per heavy atom. The first kappa shape index (κ1) is 10.1. The topological polar surface area (TPSA) is 33.1 Å². The zero-order valence-electron chi connectivity index (χ0n) is 7.40. The van der Waals surface area contributed by atoms with Crippen LogP contribution in [-0.2, 0) is 0 Å². The molecule has 0 saturated carbocycles. The molecule has 2 heterocycles. The number of nitrogens with zero attached hydrogens (tertiary/aromatic N) is 1. The van der Waals surface area contributed by atoms with Gasteiger partial charge in [-0.25, -0.2) is 4.98 Å². The van der Waals surface area contributed by atoms with E-state index in [-0.39, 0.29) is 0 Å². The van der Waals surface area contributed by atoms with Gasteiger partial charge in [0.2, 0.25) is 0 Å². The van der Waals surface area contributed by atoms with E-state index in [1.165, 1.54) is 22.7 Å². The third kappa shape index (κ3) is 1.98. The fourth-order valence-corrected chi connectivity index (χ4v) is 2.88. The summed E-state index contributed by atoms with van der Waals surface area (Å²) in [5.74, 6) is 0. The third-order valence-corrected chi connectivity index (χ3v) is 3.97. The summed E-state index contributed by atoms with van der Waals surface area (Å²) in [5, 5.41) is 12.0. The number of rotatable bonds is 2. The van der Waals surface area contributed by atoms with Gasteiger partial charge in [0.15, 0.2) is 0 Å². The minimum atomic E-state index is -0.496. The number of hydrogen-bond acceptors (Lipinski definition) is 4. The molecule has 0 fully saturated rings. The average Bonchev–Trinajstić information content (AvgIpc) is 2.70. The monoisotopic (exact) mass is 245 g/mol. The van der Waals surface area contributed by atoms with Crippen molar-refractivity contribution >= 4 is 34.3 Å². The van der Waals surface area contributed by atoms with Crippen molar-refractivity contribution in [3.05, 3.63) is 26.9 Å². The number of hydrogen-bond donors (Lipinski definition) is 1. The van der Waals surface area contributed by atoms with Gasteiger partial charge in [0.25, 0.3) is 0 Å². The molecule has 74 valence electrons. The van der Waals surface area contributed by atoms with E-state index < -0.39 is 6.10 Å². The van der Waals surface area contributed by atoms with Crippen molar-refractivity contribution in [2.75, 3.05) is 0 Å². The second-order valence-electron chi connectivity index (χ2n) is 2.85. The van der Waals surface area contributed by atoms with Crippen LogP contribution in [0.15, 0.2) is 17.5 Å². The maximum atomic E-state index is 9.31. The predicted octanol–water partition coefficient (Wildman–Crippen LogP) is 3.58. The third-order valence-electron chi connectivity index (χ3n) is 1.70. The van der Waals surface area contributed by atoms with Crippen molar-refractivity contribution < 1.29 is 5.11 Å². The first-order chi connectivity index (χ1) is 6.66. The quantitative estimate of drug-likeness (QED) is 0.877. The van der Waals surface area contributed by atoms with Crippen LogP contribution in [0.5, 0.6) is 0 Å². The van der Waals surface area contributed by atoms with Crippen LogP contribution in [0.3, 0.4) is 0 Å². The van der Waals surface area contributed by atoms with Crippen LogP contribution < -0.4 is 0 Å². The lowest BCUT2D eigenvalue weighted by molar-refractivity contribution is 0.199. The normalized spacial score (nSPS) is 13.1. The molecule has 0 aliphatic carbocycles. The van der Waals surface area contributed by atoms with Crippen molar-refractivity contribution in [2.45, 2.75) is 13.0 Å². The summed E-state index contributed by atoms with van der Waals surface area (Å²) in [6, 6.07) is 3.79. The summed E-state index contributed by atoms with van der Waals surface area (Å²) in [7, 11) is 0. The van der Waals surface area contributed by atoms with Crippen LogP contribution in [0.2, 0.25) is 4.34 Å². The molecule has 0 radical (unpaired) electrons. The number of thiazole rings is 1. The molecule has 0 aromatic carbocycles. The Morgan fingerprint density at radius 1 is 1.50 bits per heavy atom. The van der Waals surface area contributed by atoms with Crippen molar-refractivity contribution in [3.63, 3.8) is 0 Å². The Bertz CT molecular complexity index is 435. The second kappa shape index (κ2) is 3.98. The van der Waals surface area contributed by atoms with E-state index in [9.17, 15) is 5.11 Å². The van der Waals surface area contributed by atoms with Gasteiger partial charge < -0.3 is 5.11 Å². The van der Waals surface area contributed by atoms with E-state index in [0.717, 1.165) is 19.9 Å². The van der Waals surface area contributed by atoms with E-state index in [1.54, 1.807) is 6.92 Å².